The van der Waals surface area contributed by atoms with Crippen molar-refractivity contribution in [1.82, 2.24) is 10.2 Å². The van der Waals surface area contributed by atoms with Crippen LogP contribution in [0.15, 0.2) is 42.5 Å². The standard InChI is InChI=1S/C17H21N3O/c21-17(13-20-10-3-8-18-9-11-20)19-16-7-6-14-4-1-2-5-15(14)12-16/h1-2,4-7,12,18H,3,8-11,13H2,(H,19,21). The molecule has 2 aromatic carbocycles. The lowest BCUT2D eigenvalue weighted by Gasteiger charge is -2.18. The van der Waals surface area contributed by atoms with Crippen molar-refractivity contribution in [2.75, 3.05) is 38.0 Å². The summed E-state index contributed by atoms with van der Waals surface area (Å²) in [7, 11) is 0. The van der Waals surface area contributed by atoms with Gasteiger partial charge in [-0.2, -0.15) is 0 Å². The topological polar surface area (TPSA) is 44.4 Å². The summed E-state index contributed by atoms with van der Waals surface area (Å²) in [5.41, 5.74) is 0.867. The van der Waals surface area contributed by atoms with Gasteiger partial charge in [0, 0.05) is 18.8 Å². The Morgan fingerprint density at radius 3 is 2.86 bits per heavy atom. The Morgan fingerprint density at radius 1 is 1.10 bits per heavy atom. The average molecular weight is 283 g/mol. The molecule has 0 atom stereocenters. The third-order valence-corrected chi connectivity index (χ3v) is 3.83. The molecular weight excluding hydrogens is 262 g/mol. The molecule has 1 fully saturated rings. The second-order valence-corrected chi connectivity index (χ2v) is 5.49. The zero-order valence-electron chi connectivity index (χ0n) is 12.1. The highest BCUT2D eigenvalue weighted by atomic mass is 16.2. The minimum Gasteiger partial charge on any atom is -0.325 e. The SMILES string of the molecule is O=C(CN1CCCNCC1)Nc1ccc2ccccc2c1. The Hall–Kier alpha value is -1.91. The first-order chi connectivity index (χ1) is 10.3. The van der Waals surface area contributed by atoms with Crippen LogP contribution in [0.4, 0.5) is 5.69 Å². The molecule has 1 heterocycles. The number of hydrogen-bond acceptors (Lipinski definition) is 3. The van der Waals surface area contributed by atoms with Crippen LogP contribution in [0.1, 0.15) is 6.42 Å². The van der Waals surface area contributed by atoms with Gasteiger partial charge in [0.1, 0.15) is 0 Å². The van der Waals surface area contributed by atoms with E-state index in [4.69, 9.17) is 0 Å². The Morgan fingerprint density at radius 2 is 1.95 bits per heavy atom. The van der Waals surface area contributed by atoms with Gasteiger partial charge < -0.3 is 10.6 Å². The summed E-state index contributed by atoms with van der Waals surface area (Å²) >= 11 is 0. The van der Waals surface area contributed by atoms with Gasteiger partial charge in [-0.3, -0.25) is 9.69 Å². The normalized spacial score (nSPS) is 16.6. The summed E-state index contributed by atoms with van der Waals surface area (Å²) in [6.45, 7) is 4.39. The van der Waals surface area contributed by atoms with E-state index in [1.165, 1.54) is 5.39 Å². The van der Waals surface area contributed by atoms with Gasteiger partial charge >= 0.3 is 0 Å². The van der Waals surface area contributed by atoms with Gasteiger partial charge in [-0.15, -0.1) is 0 Å². The van der Waals surface area contributed by atoms with E-state index in [0.717, 1.165) is 43.7 Å². The smallest absolute Gasteiger partial charge is 0.238 e. The lowest BCUT2D eigenvalue weighted by Crippen LogP contribution is -2.35. The van der Waals surface area contributed by atoms with E-state index < -0.39 is 0 Å². The summed E-state index contributed by atoms with van der Waals surface area (Å²) in [6.07, 6.45) is 1.10. The van der Waals surface area contributed by atoms with Crippen LogP contribution in [-0.2, 0) is 4.79 Å². The first-order valence-corrected chi connectivity index (χ1v) is 7.53. The highest BCUT2D eigenvalue weighted by molar-refractivity contribution is 5.95. The van der Waals surface area contributed by atoms with Crippen molar-refractivity contribution >= 4 is 22.4 Å². The molecular formula is C17H21N3O. The van der Waals surface area contributed by atoms with Crippen LogP contribution < -0.4 is 10.6 Å². The van der Waals surface area contributed by atoms with Gasteiger partial charge in [0.15, 0.2) is 0 Å². The molecule has 1 aliphatic rings. The third kappa shape index (κ3) is 3.80. The Kier molecular flexibility index (Phi) is 4.48. The lowest BCUT2D eigenvalue weighted by atomic mass is 10.1. The number of rotatable bonds is 3. The number of nitrogens with zero attached hydrogens (tertiary/aromatic N) is 1. The predicted molar refractivity (Wildman–Crippen MR) is 86.5 cm³/mol. The summed E-state index contributed by atoms with van der Waals surface area (Å²) in [4.78, 5) is 14.4. The fourth-order valence-electron chi connectivity index (χ4n) is 2.73. The number of carbonyl (C=O) groups excluding carboxylic acids is 1. The van der Waals surface area contributed by atoms with Crippen molar-refractivity contribution in [2.24, 2.45) is 0 Å². The molecule has 0 saturated carbocycles. The minimum atomic E-state index is 0.0622. The second-order valence-electron chi connectivity index (χ2n) is 5.49. The number of nitrogens with one attached hydrogen (secondary N) is 2. The monoisotopic (exact) mass is 283 g/mol. The molecule has 0 bridgehead atoms. The van der Waals surface area contributed by atoms with Crippen molar-refractivity contribution < 1.29 is 4.79 Å². The van der Waals surface area contributed by atoms with Gasteiger partial charge in [-0.1, -0.05) is 30.3 Å². The van der Waals surface area contributed by atoms with E-state index in [0.29, 0.717) is 6.54 Å². The maximum Gasteiger partial charge on any atom is 0.238 e. The van der Waals surface area contributed by atoms with E-state index in [-0.39, 0.29) is 5.91 Å². The molecule has 0 unspecified atom stereocenters. The van der Waals surface area contributed by atoms with Crippen molar-refractivity contribution in [3.63, 3.8) is 0 Å². The first-order valence-electron chi connectivity index (χ1n) is 7.53. The Balaban J connectivity index is 1.62. The molecule has 2 N–H and O–H groups in total. The van der Waals surface area contributed by atoms with E-state index in [1.54, 1.807) is 0 Å². The molecule has 2 aromatic rings. The summed E-state index contributed by atoms with van der Waals surface area (Å²) in [5, 5.41) is 8.68. The molecule has 21 heavy (non-hydrogen) atoms. The molecule has 4 heteroatoms. The van der Waals surface area contributed by atoms with Crippen LogP contribution in [0.2, 0.25) is 0 Å². The van der Waals surface area contributed by atoms with E-state index in [1.807, 2.05) is 30.3 Å². The molecule has 0 spiro atoms. The molecule has 4 nitrogen and oxygen atoms in total. The van der Waals surface area contributed by atoms with Gasteiger partial charge in [-0.25, -0.2) is 0 Å². The van der Waals surface area contributed by atoms with E-state index >= 15 is 0 Å². The highest BCUT2D eigenvalue weighted by Crippen LogP contribution is 2.18. The maximum atomic E-state index is 12.2. The summed E-state index contributed by atoms with van der Waals surface area (Å²) in [6, 6.07) is 14.2. The van der Waals surface area contributed by atoms with Gasteiger partial charge in [0.25, 0.3) is 0 Å². The van der Waals surface area contributed by atoms with Gasteiger partial charge in [0.2, 0.25) is 5.91 Å². The molecule has 1 aliphatic heterocycles. The lowest BCUT2D eigenvalue weighted by molar-refractivity contribution is -0.117. The summed E-state index contributed by atoms with van der Waals surface area (Å²) in [5.74, 6) is 0.0622. The largest absolute Gasteiger partial charge is 0.325 e. The second kappa shape index (κ2) is 6.70. The van der Waals surface area contributed by atoms with Crippen LogP contribution in [0.5, 0.6) is 0 Å². The third-order valence-electron chi connectivity index (χ3n) is 3.83. The molecule has 0 radical (unpaired) electrons. The predicted octanol–water partition coefficient (Wildman–Crippen LogP) is 2.07. The number of benzene rings is 2. The van der Waals surface area contributed by atoms with Gasteiger partial charge in [-0.05, 0) is 42.4 Å². The fraction of sp³-hybridized carbons (Fsp3) is 0.353. The maximum absolute atomic E-state index is 12.2. The summed E-state index contributed by atoms with van der Waals surface area (Å²) < 4.78 is 0. The van der Waals surface area contributed by atoms with Crippen LogP contribution >= 0.6 is 0 Å². The minimum absolute atomic E-state index is 0.0622. The van der Waals surface area contributed by atoms with Crippen LogP contribution in [0.3, 0.4) is 0 Å². The fourth-order valence-corrected chi connectivity index (χ4v) is 2.73. The molecule has 3 rings (SSSR count). The van der Waals surface area contributed by atoms with Crippen molar-refractivity contribution in [2.45, 2.75) is 6.42 Å². The number of hydrogen-bond donors (Lipinski definition) is 2. The zero-order valence-corrected chi connectivity index (χ0v) is 12.1. The molecule has 1 amide bonds. The number of fused-ring (bicyclic) bond motifs is 1. The number of amides is 1. The number of anilines is 1. The first kappa shape index (κ1) is 14.0. The van der Waals surface area contributed by atoms with E-state index in [2.05, 4.69) is 27.7 Å². The molecule has 0 aliphatic carbocycles. The van der Waals surface area contributed by atoms with Crippen LogP contribution in [0, 0.1) is 0 Å². The average Bonchev–Trinajstić information content (AvgIpc) is 2.75. The molecule has 1 saturated heterocycles. The molecule has 0 aromatic heterocycles. The van der Waals surface area contributed by atoms with Crippen molar-refractivity contribution in [3.05, 3.63) is 42.5 Å². The quantitative estimate of drug-likeness (QED) is 0.906. The Labute approximate surface area is 125 Å². The van der Waals surface area contributed by atoms with Gasteiger partial charge in [0.05, 0.1) is 6.54 Å². The highest BCUT2D eigenvalue weighted by Gasteiger charge is 2.12. The zero-order chi connectivity index (χ0) is 14.5. The number of carbonyl (C=O) groups is 1. The van der Waals surface area contributed by atoms with Crippen LogP contribution in [-0.4, -0.2) is 43.5 Å². The molecule has 110 valence electrons. The van der Waals surface area contributed by atoms with Crippen molar-refractivity contribution in [1.29, 1.82) is 0 Å². The van der Waals surface area contributed by atoms with Crippen molar-refractivity contribution in [3.8, 4) is 0 Å². The Bertz CT molecular complexity index is 618. The van der Waals surface area contributed by atoms with Crippen LogP contribution in [0.25, 0.3) is 10.8 Å². The van der Waals surface area contributed by atoms with E-state index in [9.17, 15) is 4.79 Å².